The summed E-state index contributed by atoms with van der Waals surface area (Å²) in [5.41, 5.74) is 5.78. The van der Waals surface area contributed by atoms with Crippen LogP contribution in [0, 0.1) is 32.8 Å². The van der Waals surface area contributed by atoms with Crippen molar-refractivity contribution in [2.24, 2.45) is 0 Å². The second-order valence-corrected chi connectivity index (χ2v) is 2.76. The van der Waals surface area contributed by atoms with E-state index in [1.807, 2.05) is 6.07 Å². The number of anilines is 1. The first-order chi connectivity index (χ1) is 7.10. The topological polar surface area (TPSA) is 117 Å². The number of benzene rings is 1. The van der Waals surface area contributed by atoms with Crippen LogP contribution in [0.25, 0.3) is 0 Å². The SMILES string of the molecule is N#CCc1c(N)cc([N+](=O)[O-])cc1C#N. The zero-order valence-corrected chi connectivity index (χ0v) is 7.60. The van der Waals surface area contributed by atoms with Crippen LogP contribution in [0.15, 0.2) is 12.1 Å². The highest BCUT2D eigenvalue weighted by molar-refractivity contribution is 5.62. The number of nitriles is 2. The van der Waals surface area contributed by atoms with Gasteiger partial charge in [0.15, 0.2) is 0 Å². The minimum absolute atomic E-state index is 0.0350. The highest BCUT2D eigenvalue weighted by Crippen LogP contribution is 2.24. The highest BCUT2D eigenvalue weighted by Gasteiger charge is 2.14. The first kappa shape index (κ1) is 10.5. The number of nitrogens with zero attached hydrogens (tertiary/aromatic N) is 3. The number of hydrogen-bond donors (Lipinski definition) is 1. The first-order valence-corrected chi connectivity index (χ1v) is 3.94. The van der Waals surface area contributed by atoms with Gasteiger partial charge in [-0.15, -0.1) is 0 Å². The average Bonchev–Trinajstić information content (AvgIpc) is 2.20. The minimum Gasteiger partial charge on any atom is -0.398 e. The quantitative estimate of drug-likeness (QED) is 0.438. The molecule has 0 amide bonds. The lowest BCUT2D eigenvalue weighted by atomic mass is 10.0. The Morgan fingerprint density at radius 1 is 1.47 bits per heavy atom. The molecule has 0 aromatic heterocycles. The Balaban J connectivity index is 3.40. The Morgan fingerprint density at radius 3 is 2.60 bits per heavy atom. The Kier molecular flexibility index (Phi) is 2.85. The molecule has 0 aliphatic carbocycles. The van der Waals surface area contributed by atoms with Gasteiger partial charge in [-0.2, -0.15) is 10.5 Å². The normalized spacial score (nSPS) is 8.93. The van der Waals surface area contributed by atoms with Crippen LogP contribution in [-0.2, 0) is 6.42 Å². The number of nitro groups is 1. The van der Waals surface area contributed by atoms with Crippen LogP contribution in [0.2, 0.25) is 0 Å². The van der Waals surface area contributed by atoms with Crippen molar-refractivity contribution in [1.29, 1.82) is 10.5 Å². The predicted octanol–water partition coefficient (Wildman–Crippen LogP) is 1.11. The fourth-order valence-corrected chi connectivity index (χ4v) is 1.16. The minimum atomic E-state index is -0.632. The fourth-order valence-electron chi connectivity index (χ4n) is 1.16. The Morgan fingerprint density at radius 2 is 2.13 bits per heavy atom. The van der Waals surface area contributed by atoms with Crippen LogP contribution < -0.4 is 5.73 Å². The smallest absolute Gasteiger partial charge is 0.272 e. The van der Waals surface area contributed by atoms with Crippen molar-refractivity contribution >= 4 is 11.4 Å². The van der Waals surface area contributed by atoms with E-state index >= 15 is 0 Å². The summed E-state index contributed by atoms with van der Waals surface area (Å²) in [5.74, 6) is 0. The molecule has 0 atom stereocenters. The Labute approximate surface area is 85.3 Å². The third-order valence-electron chi connectivity index (χ3n) is 1.86. The molecule has 1 rings (SSSR count). The van der Waals surface area contributed by atoms with Crippen LogP contribution >= 0.6 is 0 Å². The highest BCUT2D eigenvalue weighted by atomic mass is 16.6. The summed E-state index contributed by atoms with van der Waals surface area (Å²) >= 11 is 0. The van der Waals surface area contributed by atoms with Gasteiger partial charge in [0.2, 0.25) is 0 Å². The molecule has 0 spiro atoms. The van der Waals surface area contributed by atoms with Crippen LogP contribution in [0.4, 0.5) is 11.4 Å². The summed E-state index contributed by atoms with van der Waals surface area (Å²) in [5, 5.41) is 27.7. The van der Waals surface area contributed by atoms with Crippen LogP contribution in [0.1, 0.15) is 11.1 Å². The summed E-state index contributed by atoms with van der Waals surface area (Å²) in [6.07, 6.45) is -0.0350. The monoisotopic (exact) mass is 202 g/mol. The van der Waals surface area contributed by atoms with Crippen molar-refractivity contribution in [3.05, 3.63) is 33.4 Å². The molecule has 0 heterocycles. The van der Waals surface area contributed by atoms with E-state index in [0.717, 1.165) is 12.1 Å². The van der Waals surface area contributed by atoms with Crippen molar-refractivity contribution in [3.8, 4) is 12.1 Å². The van der Waals surface area contributed by atoms with Gasteiger partial charge in [-0.05, 0) is 0 Å². The first-order valence-electron chi connectivity index (χ1n) is 3.94. The number of rotatable bonds is 2. The fraction of sp³-hybridized carbons (Fsp3) is 0.111. The van der Waals surface area contributed by atoms with Crippen molar-refractivity contribution in [3.63, 3.8) is 0 Å². The second-order valence-electron chi connectivity index (χ2n) is 2.76. The lowest BCUT2D eigenvalue weighted by Crippen LogP contribution is -2.00. The van der Waals surface area contributed by atoms with Gasteiger partial charge in [0.05, 0.1) is 29.0 Å². The number of nitro benzene ring substituents is 1. The van der Waals surface area contributed by atoms with E-state index in [1.54, 1.807) is 6.07 Å². The molecule has 0 unspecified atom stereocenters. The molecule has 0 radical (unpaired) electrons. The third kappa shape index (κ3) is 2.01. The maximum absolute atomic E-state index is 10.5. The number of non-ortho nitro benzene ring substituents is 1. The molecule has 74 valence electrons. The van der Waals surface area contributed by atoms with E-state index in [1.165, 1.54) is 0 Å². The molecule has 0 bridgehead atoms. The number of hydrogen-bond acceptors (Lipinski definition) is 5. The molecule has 0 aliphatic heterocycles. The predicted molar refractivity (Wildman–Crippen MR) is 51.5 cm³/mol. The summed E-state index contributed by atoms with van der Waals surface area (Å²) in [6.45, 7) is 0. The second kappa shape index (κ2) is 4.07. The van der Waals surface area contributed by atoms with Crippen LogP contribution in [-0.4, -0.2) is 4.92 Å². The molecule has 0 fully saturated rings. The Bertz CT molecular complexity index is 496. The molecule has 1 aromatic rings. The van der Waals surface area contributed by atoms with Gasteiger partial charge < -0.3 is 5.73 Å². The number of nitrogens with two attached hydrogens (primary N) is 1. The summed E-state index contributed by atoms with van der Waals surface area (Å²) < 4.78 is 0. The molecule has 0 saturated heterocycles. The van der Waals surface area contributed by atoms with Gasteiger partial charge in [-0.3, -0.25) is 10.1 Å². The van der Waals surface area contributed by atoms with E-state index in [2.05, 4.69) is 0 Å². The van der Waals surface area contributed by atoms with Crippen molar-refractivity contribution in [2.45, 2.75) is 6.42 Å². The van der Waals surface area contributed by atoms with Crippen molar-refractivity contribution < 1.29 is 4.92 Å². The molecular formula is C9H6N4O2. The molecule has 0 aliphatic rings. The maximum atomic E-state index is 10.5. The molecular weight excluding hydrogens is 196 g/mol. The maximum Gasteiger partial charge on any atom is 0.272 e. The zero-order valence-electron chi connectivity index (χ0n) is 7.60. The Hall–Kier alpha value is -2.60. The standard InChI is InChI=1S/C9H6N4O2/c10-2-1-8-6(5-11)3-7(13(14)15)4-9(8)12/h3-4H,1,12H2. The summed E-state index contributed by atoms with van der Waals surface area (Å²) in [4.78, 5) is 9.83. The lowest BCUT2D eigenvalue weighted by molar-refractivity contribution is -0.384. The van der Waals surface area contributed by atoms with Crippen LogP contribution in [0.3, 0.4) is 0 Å². The van der Waals surface area contributed by atoms with E-state index in [0.29, 0.717) is 5.56 Å². The van der Waals surface area contributed by atoms with Gasteiger partial charge in [-0.25, -0.2) is 0 Å². The molecule has 15 heavy (non-hydrogen) atoms. The summed E-state index contributed by atoms with van der Waals surface area (Å²) in [7, 11) is 0. The van der Waals surface area contributed by atoms with E-state index < -0.39 is 4.92 Å². The van der Waals surface area contributed by atoms with Gasteiger partial charge in [0, 0.05) is 23.4 Å². The largest absolute Gasteiger partial charge is 0.398 e. The van der Waals surface area contributed by atoms with E-state index in [-0.39, 0.29) is 23.4 Å². The van der Waals surface area contributed by atoms with E-state index in [4.69, 9.17) is 16.3 Å². The van der Waals surface area contributed by atoms with Crippen molar-refractivity contribution in [2.75, 3.05) is 5.73 Å². The lowest BCUT2D eigenvalue weighted by Gasteiger charge is -2.03. The molecule has 6 nitrogen and oxygen atoms in total. The molecule has 6 heteroatoms. The summed E-state index contributed by atoms with van der Waals surface area (Å²) in [6, 6.07) is 5.89. The van der Waals surface area contributed by atoms with Gasteiger partial charge in [0.25, 0.3) is 5.69 Å². The van der Waals surface area contributed by atoms with Gasteiger partial charge in [0.1, 0.15) is 0 Å². The van der Waals surface area contributed by atoms with Crippen molar-refractivity contribution in [1.82, 2.24) is 0 Å². The molecule has 1 aromatic carbocycles. The van der Waals surface area contributed by atoms with Gasteiger partial charge in [-0.1, -0.05) is 0 Å². The van der Waals surface area contributed by atoms with Crippen LogP contribution in [0.5, 0.6) is 0 Å². The van der Waals surface area contributed by atoms with Gasteiger partial charge >= 0.3 is 0 Å². The van der Waals surface area contributed by atoms with E-state index in [9.17, 15) is 10.1 Å². The third-order valence-corrected chi connectivity index (χ3v) is 1.86. The molecule has 2 N–H and O–H groups in total. The molecule has 0 saturated carbocycles. The average molecular weight is 202 g/mol. The zero-order chi connectivity index (χ0) is 11.4. The number of nitrogen functional groups attached to an aromatic ring is 1.